The maximum Gasteiger partial charge on any atom is 0.133 e. The van der Waals surface area contributed by atoms with Crippen LogP contribution in [0.2, 0.25) is 0 Å². The van der Waals surface area contributed by atoms with E-state index in [1.807, 2.05) is 6.20 Å². The molecule has 60 valence electrons. The van der Waals surface area contributed by atoms with Crippen molar-refractivity contribution in [1.82, 2.24) is 9.97 Å². The van der Waals surface area contributed by atoms with Crippen molar-refractivity contribution in [2.24, 2.45) is 0 Å². The smallest absolute Gasteiger partial charge is 0.133 e. The van der Waals surface area contributed by atoms with Crippen molar-refractivity contribution in [2.45, 2.75) is 18.8 Å². The quantitative estimate of drug-likeness (QED) is 0.667. The third kappa shape index (κ3) is 0.932. The van der Waals surface area contributed by atoms with E-state index >= 15 is 0 Å². The molecule has 2 aromatic rings. The van der Waals surface area contributed by atoms with E-state index in [1.165, 1.54) is 18.2 Å². The van der Waals surface area contributed by atoms with Gasteiger partial charge in [-0.3, -0.25) is 0 Å². The lowest BCUT2D eigenvalue weighted by Gasteiger charge is -1.94. The third-order valence-electron chi connectivity index (χ3n) is 2.17. The normalized spacial score (nSPS) is 17.0. The van der Waals surface area contributed by atoms with Crippen LogP contribution in [0.5, 0.6) is 0 Å². The molecule has 2 nitrogen and oxygen atoms in total. The molecular weight excluding hydrogens is 168 g/mol. The third-order valence-corrected chi connectivity index (χ3v) is 2.99. The SMILES string of the molecule is c1cc2cnc(C3CC3)nc2s1. The summed E-state index contributed by atoms with van der Waals surface area (Å²) in [5.41, 5.74) is 0. The van der Waals surface area contributed by atoms with Crippen LogP contribution in [0.1, 0.15) is 24.6 Å². The molecule has 1 aliphatic rings. The van der Waals surface area contributed by atoms with Gasteiger partial charge >= 0.3 is 0 Å². The van der Waals surface area contributed by atoms with E-state index in [1.54, 1.807) is 11.3 Å². The van der Waals surface area contributed by atoms with Crippen LogP contribution in [-0.2, 0) is 0 Å². The van der Waals surface area contributed by atoms with Gasteiger partial charge in [0, 0.05) is 17.5 Å². The van der Waals surface area contributed by atoms with Gasteiger partial charge in [0.1, 0.15) is 10.7 Å². The molecule has 1 saturated carbocycles. The molecule has 0 N–H and O–H groups in total. The number of rotatable bonds is 1. The number of nitrogens with zero attached hydrogens (tertiary/aromatic N) is 2. The molecule has 1 aliphatic carbocycles. The van der Waals surface area contributed by atoms with Gasteiger partial charge in [-0.05, 0) is 24.3 Å². The van der Waals surface area contributed by atoms with E-state index in [9.17, 15) is 0 Å². The topological polar surface area (TPSA) is 25.8 Å². The predicted molar refractivity (Wildman–Crippen MR) is 49.4 cm³/mol. The molecule has 12 heavy (non-hydrogen) atoms. The first-order chi connectivity index (χ1) is 5.93. The van der Waals surface area contributed by atoms with Crippen molar-refractivity contribution in [1.29, 1.82) is 0 Å². The van der Waals surface area contributed by atoms with E-state index in [-0.39, 0.29) is 0 Å². The Morgan fingerprint density at radius 1 is 1.42 bits per heavy atom. The molecule has 2 aromatic heterocycles. The zero-order valence-electron chi connectivity index (χ0n) is 6.53. The molecule has 0 atom stereocenters. The summed E-state index contributed by atoms with van der Waals surface area (Å²) in [6.45, 7) is 0. The van der Waals surface area contributed by atoms with Gasteiger partial charge in [0.25, 0.3) is 0 Å². The molecule has 1 fully saturated rings. The predicted octanol–water partition coefficient (Wildman–Crippen LogP) is 2.57. The lowest BCUT2D eigenvalue weighted by molar-refractivity contribution is 0.951. The molecule has 0 unspecified atom stereocenters. The van der Waals surface area contributed by atoms with Crippen molar-refractivity contribution < 1.29 is 0 Å². The molecule has 3 heteroatoms. The first kappa shape index (κ1) is 6.54. The van der Waals surface area contributed by atoms with Gasteiger partial charge < -0.3 is 0 Å². The number of hydrogen-bond acceptors (Lipinski definition) is 3. The Bertz CT molecular complexity index is 417. The number of aromatic nitrogens is 2. The summed E-state index contributed by atoms with van der Waals surface area (Å²) in [5.74, 6) is 1.71. The van der Waals surface area contributed by atoms with Crippen LogP contribution in [-0.4, -0.2) is 9.97 Å². The molecule has 0 saturated heterocycles. The summed E-state index contributed by atoms with van der Waals surface area (Å²) < 4.78 is 0. The summed E-state index contributed by atoms with van der Waals surface area (Å²) >= 11 is 1.70. The molecule has 0 aromatic carbocycles. The second-order valence-electron chi connectivity index (χ2n) is 3.18. The fourth-order valence-corrected chi connectivity index (χ4v) is 2.05. The zero-order valence-corrected chi connectivity index (χ0v) is 7.34. The van der Waals surface area contributed by atoms with E-state index in [0.717, 1.165) is 10.7 Å². The van der Waals surface area contributed by atoms with Crippen LogP contribution >= 0.6 is 11.3 Å². The summed E-state index contributed by atoms with van der Waals surface area (Å²) in [6, 6.07) is 2.07. The molecule has 0 bridgehead atoms. The first-order valence-electron chi connectivity index (χ1n) is 4.13. The van der Waals surface area contributed by atoms with Crippen LogP contribution in [0, 0.1) is 0 Å². The van der Waals surface area contributed by atoms with Crippen LogP contribution in [0.15, 0.2) is 17.6 Å². The highest BCUT2D eigenvalue weighted by Crippen LogP contribution is 2.38. The Balaban J connectivity index is 2.21. The lowest BCUT2D eigenvalue weighted by atomic mass is 10.3. The lowest BCUT2D eigenvalue weighted by Crippen LogP contribution is -1.89. The number of thiophene rings is 1. The van der Waals surface area contributed by atoms with Gasteiger partial charge in [-0.15, -0.1) is 11.3 Å². The average molecular weight is 176 g/mol. The van der Waals surface area contributed by atoms with Gasteiger partial charge in [-0.2, -0.15) is 0 Å². The maximum atomic E-state index is 4.50. The number of fused-ring (bicyclic) bond motifs is 1. The van der Waals surface area contributed by atoms with Gasteiger partial charge in [-0.25, -0.2) is 9.97 Å². The average Bonchev–Trinajstić information content (AvgIpc) is 2.84. The highest BCUT2D eigenvalue weighted by atomic mass is 32.1. The van der Waals surface area contributed by atoms with Gasteiger partial charge in [-0.1, -0.05) is 0 Å². The van der Waals surface area contributed by atoms with Crippen LogP contribution < -0.4 is 0 Å². The minimum atomic E-state index is 0.663. The van der Waals surface area contributed by atoms with Crippen molar-refractivity contribution in [2.75, 3.05) is 0 Å². The molecular formula is C9H8N2S. The van der Waals surface area contributed by atoms with Gasteiger partial charge in [0.05, 0.1) is 0 Å². The largest absolute Gasteiger partial charge is 0.240 e. The molecule has 2 heterocycles. The highest BCUT2D eigenvalue weighted by molar-refractivity contribution is 7.16. The molecule has 0 aliphatic heterocycles. The van der Waals surface area contributed by atoms with Gasteiger partial charge in [0.15, 0.2) is 0 Å². The Hall–Kier alpha value is -0.960. The van der Waals surface area contributed by atoms with Crippen molar-refractivity contribution >= 4 is 21.6 Å². The Morgan fingerprint density at radius 3 is 3.17 bits per heavy atom. The standard InChI is InChI=1S/C9H8N2S/c1-2-6(1)8-10-5-7-3-4-12-9(7)11-8/h3-6H,1-2H2. The summed E-state index contributed by atoms with van der Waals surface area (Å²) in [4.78, 5) is 9.97. The summed E-state index contributed by atoms with van der Waals surface area (Å²) in [6.07, 6.45) is 4.49. The van der Waals surface area contributed by atoms with Crippen molar-refractivity contribution in [3.05, 3.63) is 23.5 Å². The minimum Gasteiger partial charge on any atom is -0.240 e. The Labute approximate surface area is 74.3 Å². The van der Waals surface area contributed by atoms with Gasteiger partial charge in [0.2, 0.25) is 0 Å². The van der Waals surface area contributed by atoms with Crippen LogP contribution in [0.3, 0.4) is 0 Å². The zero-order chi connectivity index (χ0) is 7.97. The fourth-order valence-electron chi connectivity index (χ4n) is 1.31. The molecule has 3 rings (SSSR count). The Kier molecular flexibility index (Phi) is 1.23. The van der Waals surface area contributed by atoms with E-state index in [0.29, 0.717) is 5.92 Å². The van der Waals surface area contributed by atoms with Crippen molar-refractivity contribution in [3.63, 3.8) is 0 Å². The van der Waals surface area contributed by atoms with Crippen molar-refractivity contribution in [3.8, 4) is 0 Å². The highest BCUT2D eigenvalue weighted by Gasteiger charge is 2.26. The fraction of sp³-hybridized carbons (Fsp3) is 0.333. The first-order valence-corrected chi connectivity index (χ1v) is 5.01. The summed E-state index contributed by atoms with van der Waals surface area (Å²) in [7, 11) is 0. The molecule has 0 spiro atoms. The van der Waals surface area contributed by atoms with Crippen LogP contribution in [0.4, 0.5) is 0 Å². The Morgan fingerprint density at radius 2 is 2.33 bits per heavy atom. The second-order valence-corrected chi connectivity index (χ2v) is 4.08. The van der Waals surface area contributed by atoms with Crippen LogP contribution in [0.25, 0.3) is 10.2 Å². The summed E-state index contributed by atoms with van der Waals surface area (Å²) in [5, 5.41) is 3.24. The molecule has 0 amide bonds. The second kappa shape index (κ2) is 2.26. The minimum absolute atomic E-state index is 0.663. The van der Waals surface area contributed by atoms with E-state index in [4.69, 9.17) is 0 Å². The molecule has 0 radical (unpaired) electrons. The monoisotopic (exact) mass is 176 g/mol. The number of hydrogen-bond donors (Lipinski definition) is 0. The maximum absolute atomic E-state index is 4.50. The van der Waals surface area contributed by atoms with E-state index < -0.39 is 0 Å². The van der Waals surface area contributed by atoms with E-state index in [2.05, 4.69) is 21.4 Å².